The molecule has 0 saturated heterocycles. The van der Waals surface area contributed by atoms with E-state index in [1.54, 1.807) is 0 Å². The van der Waals surface area contributed by atoms with Crippen molar-refractivity contribution in [3.05, 3.63) is 0 Å². The summed E-state index contributed by atoms with van der Waals surface area (Å²) in [6.07, 6.45) is -9.60. The predicted octanol–water partition coefficient (Wildman–Crippen LogP) is 6.21. The van der Waals surface area contributed by atoms with E-state index < -0.39 is 43.2 Å². The summed E-state index contributed by atoms with van der Waals surface area (Å²) in [5.41, 5.74) is -3.42. The van der Waals surface area contributed by atoms with Crippen LogP contribution in [0, 0.1) is 5.92 Å². The second kappa shape index (κ2) is 7.50. The molecule has 0 aliphatic carbocycles. The first-order valence-electron chi connectivity index (χ1n) is 6.74. The van der Waals surface area contributed by atoms with Crippen LogP contribution in [-0.4, -0.2) is 18.0 Å². The minimum Gasteiger partial charge on any atom is -0.234 e. The molecule has 0 radical (unpaired) electrons. The van der Waals surface area contributed by atoms with Gasteiger partial charge in [0, 0.05) is 0 Å². The highest BCUT2D eigenvalue weighted by molar-refractivity contribution is 4.82. The molecule has 0 nitrogen and oxygen atoms in total. The van der Waals surface area contributed by atoms with Gasteiger partial charge < -0.3 is 0 Å². The third-order valence-corrected chi connectivity index (χ3v) is 3.41. The first kappa shape index (κ1) is 19.5. The Labute approximate surface area is 114 Å². The molecular weight excluding hydrogens is 289 g/mol. The molecule has 2 unspecified atom stereocenters. The lowest BCUT2D eigenvalue weighted by Gasteiger charge is -2.25. The van der Waals surface area contributed by atoms with Crippen molar-refractivity contribution < 1.29 is 30.7 Å². The predicted molar refractivity (Wildman–Crippen MR) is 63.1 cm³/mol. The zero-order valence-electron chi connectivity index (χ0n) is 11.7. The fraction of sp³-hybridized carbons (Fsp3) is 1.00. The zero-order chi connectivity index (χ0) is 16.0. The maximum absolute atomic E-state index is 13.2. The second-order valence-electron chi connectivity index (χ2n) is 5.32. The van der Waals surface area contributed by atoms with Gasteiger partial charge in [0.1, 0.15) is 0 Å². The molecule has 0 aliphatic rings. The molecule has 0 aromatic carbocycles. The fourth-order valence-electron chi connectivity index (χ4n) is 1.93. The van der Waals surface area contributed by atoms with Crippen molar-refractivity contribution >= 4 is 0 Å². The molecule has 0 heterocycles. The molecule has 0 N–H and O–H groups in total. The van der Waals surface area contributed by atoms with Crippen LogP contribution in [0.4, 0.5) is 30.7 Å². The minimum atomic E-state index is -5.04. The van der Waals surface area contributed by atoms with Crippen LogP contribution in [0.25, 0.3) is 0 Å². The molecule has 0 aromatic heterocycles. The molecule has 7 heteroatoms. The summed E-state index contributed by atoms with van der Waals surface area (Å²) in [7, 11) is 0. The Morgan fingerprint density at radius 2 is 1.30 bits per heavy atom. The Balaban J connectivity index is 4.34. The Morgan fingerprint density at radius 3 is 1.70 bits per heavy atom. The molecule has 2 atom stereocenters. The Kier molecular flexibility index (Phi) is 7.32. The summed E-state index contributed by atoms with van der Waals surface area (Å²) in [5.74, 6) is -1.64. The van der Waals surface area contributed by atoms with Gasteiger partial charge in [-0.1, -0.05) is 26.2 Å². The molecule has 0 spiro atoms. The van der Waals surface area contributed by atoms with E-state index in [2.05, 4.69) is 0 Å². The lowest BCUT2D eigenvalue weighted by Crippen LogP contribution is -2.37. The number of alkyl halides is 7. The highest BCUT2D eigenvalue weighted by Gasteiger charge is 2.51. The van der Waals surface area contributed by atoms with Crippen molar-refractivity contribution in [2.24, 2.45) is 5.92 Å². The summed E-state index contributed by atoms with van der Waals surface area (Å²) < 4.78 is 88.0. The summed E-state index contributed by atoms with van der Waals surface area (Å²) >= 11 is 0. The third-order valence-electron chi connectivity index (χ3n) is 3.41. The smallest absolute Gasteiger partial charge is 0.234 e. The van der Waals surface area contributed by atoms with Gasteiger partial charge in [0.15, 0.2) is 0 Å². The van der Waals surface area contributed by atoms with Crippen molar-refractivity contribution in [3.63, 3.8) is 0 Å². The van der Waals surface area contributed by atoms with Gasteiger partial charge in [-0.05, 0) is 32.6 Å². The van der Waals surface area contributed by atoms with Gasteiger partial charge in [-0.25, -0.2) is 4.39 Å². The van der Waals surface area contributed by atoms with E-state index in [1.165, 1.54) is 0 Å². The second-order valence-corrected chi connectivity index (χ2v) is 5.32. The average Bonchev–Trinajstić information content (AvgIpc) is 2.24. The number of hydrogen-bond acceptors (Lipinski definition) is 0. The van der Waals surface area contributed by atoms with Crippen LogP contribution in [0.2, 0.25) is 0 Å². The third kappa shape index (κ3) is 6.79. The highest BCUT2D eigenvalue weighted by atomic mass is 19.4. The summed E-state index contributed by atoms with van der Waals surface area (Å²) in [5, 5.41) is 0. The number of halogens is 7. The molecule has 0 fully saturated rings. The van der Waals surface area contributed by atoms with Crippen molar-refractivity contribution in [3.8, 4) is 0 Å². The van der Waals surface area contributed by atoms with Gasteiger partial charge in [0.2, 0.25) is 5.67 Å². The molecule has 122 valence electrons. The van der Waals surface area contributed by atoms with E-state index in [1.807, 2.05) is 6.92 Å². The summed E-state index contributed by atoms with van der Waals surface area (Å²) in [6, 6.07) is 0. The van der Waals surface area contributed by atoms with Crippen molar-refractivity contribution in [1.82, 2.24) is 0 Å². The molecule has 0 aromatic rings. The van der Waals surface area contributed by atoms with Crippen LogP contribution < -0.4 is 0 Å². The van der Waals surface area contributed by atoms with Crippen molar-refractivity contribution in [2.45, 2.75) is 76.8 Å². The summed E-state index contributed by atoms with van der Waals surface area (Å²) in [4.78, 5) is 0. The number of hydrogen-bond donors (Lipinski definition) is 0. The highest BCUT2D eigenvalue weighted by Crippen LogP contribution is 2.40. The Hall–Kier alpha value is -0.490. The maximum Gasteiger partial charge on any atom is 0.422 e. The van der Waals surface area contributed by atoms with E-state index >= 15 is 0 Å². The van der Waals surface area contributed by atoms with Gasteiger partial charge in [0.25, 0.3) is 0 Å². The molecule has 0 saturated carbocycles. The van der Waals surface area contributed by atoms with E-state index in [0.29, 0.717) is 19.8 Å². The van der Waals surface area contributed by atoms with Crippen LogP contribution in [0.5, 0.6) is 0 Å². The first-order chi connectivity index (χ1) is 8.92. The van der Waals surface area contributed by atoms with Gasteiger partial charge in [-0.15, -0.1) is 0 Å². The normalized spacial score (nSPS) is 17.9. The van der Waals surface area contributed by atoms with Gasteiger partial charge in [0.05, 0.1) is 5.92 Å². The number of rotatable bonds is 8. The Morgan fingerprint density at radius 1 is 0.800 bits per heavy atom. The lowest BCUT2D eigenvalue weighted by atomic mass is 9.91. The van der Waals surface area contributed by atoms with Gasteiger partial charge >= 0.3 is 12.4 Å². The minimum absolute atomic E-state index is 0.105. The lowest BCUT2D eigenvalue weighted by molar-refractivity contribution is -0.227. The van der Waals surface area contributed by atoms with Crippen LogP contribution in [0.15, 0.2) is 0 Å². The first-order valence-corrected chi connectivity index (χ1v) is 6.74. The van der Waals surface area contributed by atoms with E-state index in [4.69, 9.17) is 0 Å². The molecule has 0 amide bonds. The maximum atomic E-state index is 13.2. The molecule has 20 heavy (non-hydrogen) atoms. The SMILES string of the molecule is CCCCCC(CCCC(C)(F)C(F)(F)F)C(F)(F)F. The van der Waals surface area contributed by atoms with E-state index in [-0.39, 0.29) is 6.42 Å². The van der Waals surface area contributed by atoms with Gasteiger partial charge in [-0.2, -0.15) is 26.3 Å². The van der Waals surface area contributed by atoms with Gasteiger partial charge in [-0.3, -0.25) is 0 Å². The standard InChI is InChI=1S/C13H21F7/c1-3-4-5-7-10(12(15,16)17)8-6-9-11(2,14)13(18,19)20/h10H,3-9H2,1-2H3. The molecule has 0 bridgehead atoms. The van der Waals surface area contributed by atoms with Crippen LogP contribution >= 0.6 is 0 Å². The zero-order valence-corrected chi connectivity index (χ0v) is 11.7. The quantitative estimate of drug-likeness (QED) is 0.369. The van der Waals surface area contributed by atoms with E-state index in [0.717, 1.165) is 6.42 Å². The van der Waals surface area contributed by atoms with Crippen molar-refractivity contribution in [2.75, 3.05) is 0 Å². The van der Waals surface area contributed by atoms with Crippen LogP contribution in [0.1, 0.15) is 58.8 Å². The Bertz CT molecular complexity index is 265. The molecule has 0 aliphatic heterocycles. The monoisotopic (exact) mass is 310 g/mol. The van der Waals surface area contributed by atoms with Crippen LogP contribution in [0.3, 0.4) is 0 Å². The topological polar surface area (TPSA) is 0 Å². The summed E-state index contributed by atoms with van der Waals surface area (Å²) in [6.45, 7) is 2.22. The number of unbranched alkanes of at least 4 members (excludes halogenated alkanes) is 2. The van der Waals surface area contributed by atoms with Crippen LogP contribution in [-0.2, 0) is 0 Å². The molecule has 0 rings (SSSR count). The van der Waals surface area contributed by atoms with E-state index in [9.17, 15) is 30.7 Å². The van der Waals surface area contributed by atoms with Crippen molar-refractivity contribution in [1.29, 1.82) is 0 Å². The average molecular weight is 310 g/mol. The molecular formula is C13H21F7. The largest absolute Gasteiger partial charge is 0.422 e. The fourth-order valence-corrected chi connectivity index (χ4v) is 1.93.